The van der Waals surface area contributed by atoms with Gasteiger partial charge in [0.25, 0.3) is 0 Å². The van der Waals surface area contributed by atoms with Crippen LogP contribution < -0.4 is 4.74 Å². The molecule has 0 N–H and O–H groups in total. The van der Waals surface area contributed by atoms with Gasteiger partial charge in [0.05, 0.1) is 6.20 Å². The molecular formula is C9H9FN2O. The number of halogens is 1. The second-order valence-corrected chi connectivity index (χ2v) is 2.49. The summed E-state index contributed by atoms with van der Waals surface area (Å²) in [6.45, 7) is 1.25. The first kappa shape index (κ1) is 9.46. The van der Waals surface area contributed by atoms with Gasteiger partial charge >= 0.3 is 0 Å². The van der Waals surface area contributed by atoms with E-state index >= 15 is 0 Å². The highest BCUT2D eigenvalue weighted by molar-refractivity contribution is 5.34. The Balaban J connectivity index is 2.79. The molecule has 0 fully saturated rings. The fraction of sp³-hybridized carbons (Fsp3) is 0.333. The summed E-state index contributed by atoms with van der Waals surface area (Å²) < 4.78 is 16.7. The third-order valence-electron chi connectivity index (χ3n) is 1.50. The Kier molecular flexibility index (Phi) is 3.21. The Morgan fingerprint density at radius 1 is 1.69 bits per heavy atom. The Labute approximate surface area is 75.8 Å². The number of hydrogen-bond acceptors (Lipinski definition) is 3. The van der Waals surface area contributed by atoms with Crippen molar-refractivity contribution in [1.29, 1.82) is 5.26 Å². The molecule has 0 aliphatic carbocycles. The van der Waals surface area contributed by atoms with Crippen molar-refractivity contribution in [2.45, 2.75) is 6.92 Å². The van der Waals surface area contributed by atoms with Crippen molar-refractivity contribution in [3.05, 3.63) is 23.5 Å². The quantitative estimate of drug-likeness (QED) is 0.709. The number of alkyl halides is 1. The number of pyridine rings is 1. The van der Waals surface area contributed by atoms with Crippen LogP contribution in [0.4, 0.5) is 4.39 Å². The molecule has 0 spiro atoms. The minimum Gasteiger partial charge on any atom is -0.489 e. The van der Waals surface area contributed by atoms with Crippen molar-refractivity contribution in [3.63, 3.8) is 0 Å². The van der Waals surface area contributed by atoms with E-state index in [1.807, 2.05) is 6.07 Å². The summed E-state index contributed by atoms with van der Waals surface area (Å²) in [5, 5.41) is 8.57. The van der Waals surface area contributed by atoms with E-state index in [4.69, 9.17) is 10.00 Å². The van der Waals surface area contributed by atoms with Crippen LogP contribution in [0.25, 0.3) is 0 Å². The molecule has 1 heterocycles. The zero-order valence-corrected chi connectivity index (χ0v) is 7.25. The summed E-state index contributed by atoms with van der Waals surface area (Å²) in [5.41, 5.74) is 1.10. The van der Waals surface area contributed by atoms with Crippen LogP contribution in [0.15, 0.2) is 12.3 Å². The summed E-state index contributed by atoms with van der Waals surface area (Å²) in [7, 11) is 0. The first-order valence-corrected chi connectivity index (χ1v) is 3.83. The number of nitriles is 1. The first-order chi connectivity index (χ1) is 6.27. The molecule has 0 bridgehead atoms. The lowest BCUT2D eigenvalue weighted by Crippen LogP contribution is -2.00. The molecule has 1 aromatic heterocycles. The smallest absolute Gasteiger partial charge is 0.143 e. The number of nitrogens with zero attached hydrogens (tertiary/aromatic N) is 2. The molecule has 0 aromatic carbocycles. The van der Waals surface area contributed by atoms with Crippen molar-refractivity contribution in [2.75, 3.05) is 13.3 Å². The molecule has 0 aliphatic heterocycles. The minimum atomic E-state index is -0.529. The molecule has 1 aromatic rings. The van der Waals surface area contributed by atoms with Crippen LogP contribution in [0.3, 0.4) is 0 Å². The van der Waals surface area contributed by atoms with Crippen molar-refractivity contribution >= 4 is 0 Å². The zero-order chi connectivity index (χ0) is 9.68. The average Bonchev–Trinajstić information content (AvgIpc) is 2.15. The van der Waals surface area contributed by atoms with Crippen LogP contribution in [0.1, 0.15) is 11.3 Å². The minimum absolute atomic E-state index is 0.0209. The number of aromatic nitrogens is 1. The molecule has 0 unspecified atom stereocenters. The van der Waals surface area contributed by atoms with E-state index in [0.29, 0.717) is 11.4 Å². The Bertz CT molecular complexity index is 333. The second kappa shape index (κ2) is 4.41. The van der Waals surface area contributed by atoms with Gasteiger partial charge in [-0.2, -0.15) is 5.26 Å². The molecule has 0 amide bonds. The van der Waals surface area contributed by atoms with Crippen molar-refractivity contribution in [2.24, 2.45) is 0 Å². The standard InChI is InChI=1S/C9H9FN2O/c1-7-4-8(13-3-2-10)6-12-9(7)5-11/h4,6H,2-3H2,1H3. The topological polar surface area (TPSA) is 45.9 Å². The summed E-state index contributed by atoms with van der Waals surface area (Å²) in [6, 6.07) is 3.61. The van der Waals surface area contributed by atoms with Crippen LogP contribution in [0.5, 0.6) is 5.75 Å². The highest BCUT2D eigenvalue weighted by Gasteiger charge is 2.00. The van der Waals surface area contributed by atoms with Crippen LogP contribution in [0.2, 0.25) is 0 Å². The molecule has 0 aliphatic rings. The molecule has 1 rings (SSSR count). The fourth-order valence-electron chi connectivity index (χ4n) is 0.901. The predicted molar refractivity (Wildman–Crippen MR) is 45.2 cm³/mol. The number of hydrogen-bond donors (Lipinski definition) is 0. The van der Waals surface area contributed by atoms with Gasteiger partial charge in [-0.1, -0.05) is 0 Å². The van der Waals surface area contributed by atoms with Gasteiger partial charge < -0.3 is 4.74 Å². The van der Waals surface area contributed by atoms with Gasteiger partial charge in [0.15, 0.2) is 0 Å². The Morgan fingerprint density at radius 3 is 3.00 bits per heavy atom. The van der Waals surface area contributed by atoms with E-state index < -0.39 is 6.67 Å². The Morgan fingerprint density at radius 2 is 2.46 bits per heavy atom. The van der Waals surface area contributed by atoms with E-state index in [9.17, 15) is 4.39 Å². The summed E-state index contributed by atoms with van der Waals surface area (Å²) >= 11 is 0. The normalized spacial score (nSPS) is 9.31. The maximum absolute atomic E-state index is 11.7. The maximum atomic E-state index is 11.7. The fourth-order valence-corrected chi connectivity index (χ4v) is 0.901. The molecule has 4 heteroatoms. The van der Waals surface area contributed by atoms with Crippen molar-refractivity contribution in [1.82, 2.24) is 4.98 Å². The number of rotatable bonds is 3. The Hall–Kier alpha value is -1.63. The molecule has 0 radical (unpaired) electrons. The van der Waals surface area contributed by atoms with Gasteiger partial charge in [-0.15, -0.1) is 0 Å². The predicted octanol–water partition coefficient (Wildman–Crippen LogP) is 1.61. The lowest BCUT2D eigenvalue weighted by Gasteiger charge is -2.03. The van der Waals surface area contributed by atoms with Gasteiger partial charge in [0.1, 0.15) is 30.8 Å². The summed E-state index contributed by atoms with van der Waals surface area (Å²) in [5.74, 6) is 0.495. The van der Waals surface area contributed by atoms with Gasteiger partial charge in [0, 0.05) is 0 Å². The van der Waals surface area contributed by atoms with E-state index in [0.717, 1.165) is 5.56 Å². The van der Waals surface area contributed by atoms with Crippen LogP contribution in [0, 0.1) is 18.3 Å². The zero-order valence-electron chi connectivity index (χ0n) is 7.25. The highest BCUT2D eigenvalue weighted by atomic mass is 19.1. The molecular weight excluding hydrogens is 171 g/mol. The second-order valence-electron chi connectivity index (χ2n) is 2.49. The summed E-state index contributed by atoms with van der Waals surface area (Å²) in [6.07, 6.45) is 1.42. The van der Waals surface area contributed by atoms with Crippen molar-refractivity contribution < 1.29 is 9.13 Å². The lowest BCUT2D eigenvalue weighted by atomic mass is 10.2. The molecule has 0 saturated carbocycles. The lowest BCUT2D eigenvalue weighted by molar-refractivity contribution is 0.272. The number of aryl methyl sites for hydroxylation is 1. The molecule has 0 saturated heterocycles. The molecule has 0 atom stereocenters. The van der Waals surface area contributed by atoms with Gasteiger partial charge in [-0.3, -0.25) is 0 Å². The molecule has 3 nitrogen and oxygen atoms in total. The first-order valence-electron chi connectivity index (χ1n) is 3.83. The third-order valence-corrected chi connectivity index (χ3v) is 1.50. The van der Waals surface area contributed by atoms with Crippen LogP contribution in [-0.2, 0) is 0 Å². The third kappa shape index (κ3) is 2.41. The SMILES string of the molecule is Cc1cc(OCCF)cnc1C#N. The largest absolute Gasteiger partial charge is 0.489 e. The van der Waals surface area contributed by atoms with E-state index in [2.05, 4.69) is 4.98 Å². The highest BCUT2D eigenvalue weighted by Crippen LogP contribution is 2.13. The molecule has 68 valence electrons. The van der Waals surface area contributed by atoms with Gasteiger partial charge in [-0.05, 0) is 18.6 Å². The van der Waals surface area contributed by atoms with Crippen molar-refractivity contribution in [3.8, 4) is 11.8 Å². The molecule has 13 heavy (non-hydrogen) atoms. The van der Waals surface area contributed by atoms with E-state index in [1.165, 1.54) is 6.20 Å². The van der Waals surface area contributed by atoms with Crippen LogP contribution >= 0.6 is 0 Å². The average molecular weight is 180 g/mol. The maximum Gasteiger partial charge on any atom is 0.143 e. The summed E-state index contributed by atoms with van der Waals surface area (Å²) in [4.78, 5) is 3.84. The van der Waals surface area contributed by atoms with Gasteiger partial charge in [0.2, 0.25) is 0 Å². The monoisotopic (exact) mass is 180 g/mol. The number of ether oxygens (including phenoxy) is 1. The van der Waals surface area contributed by atoms with Gasteiger partial charge in [-0.25, -0.2) is 9.37 Å². The van der Waals surface area contributed by atoms with Crippen LogP contribution in [-0.4, -0.2) is 18.3 Å². The van der Waals surface area contributed by atoms with E-state index in [1.54, 1.807) is 13.0 Å². The van der Waals surface area contributed by atoms with E-state index in [-0.39, 0.29) is 6.61 Å².